The maximum absolute atomic E-state index is 12.0. The molecule has 1 fully saturated rings. The first-order chi connectivity index (χ1) is 12.0. The first-order valence-electron chi connectivity index (χ1n) is 8.36. The average Bonchev–Trinajstić information content (AvgIpc) is 2.61. The Morgan fingerprint density at radius 3 is 2.16 bits per heavy atom. The number of methoxy groups -OCH3 is 2. The summed E-state index contributed by atoms with van der Waals surface area (Å²) in [5.74, 6) is 0.0500. The summed E-state index contributed by atoms with van der Waals surface area (Å²) in [4.78, 5) is 23.2. The minimum absolute atomic E-state index is 0.0151. The zero-order valence-corrected chi connectivity index (χ0v) is 14.9. The van der Waals surface area contributed by atoms with E-state index in [1.165, 1.54) is 33.6 Å². The van der Waals surface area contributed by atoms with Gasteiger partial charge in [-0.2, -0.15) is 0 Å². The number of benzene rings is 1. The summed E-state index contributed by atoms with van der Waals surface area (Å²) >= 11 is 0. The predicted octanol–water partition coefficient (Wildman–Crippen LogP) is 3.52. The number of rotatable bonds is 6. The highest BCUT2D eigenvalue weighted by Crippen LogP contribution is 2.39. The molecule has 0 heterocycles. The third kappa shape index (κ3) is 5.52. The van der Waals surface area contributed by atoms with Crippen LogP contribution in [0.1, 0.15) is 44.6 Å². The first-order valence-corrected chi connectivity index (χ1v) is 8.36. The Labute approximate surface area is 147 Å². The highest BCUT2D eigenvalue weighted by atomic mass is 16.6. The fourth-order valence-corrected chi connectivity index (χ4v) is 2.79. The molecule has 0 N–H and O–H groups in total. The molecule has 0 aliphatic heterocycles. The van der Waals surface area contributed by atoms with E-state index in [1.54, 1.807) is 18.2 Å². The lowest BCUT2D eigenvalue weighted by Gasteiger charge is -2.20. The van der Waals surface area contributed by atoms with Crippen LogP contribution in [0, 0.1) is 0 Å². The minimum atomic E-state index is -0.476. The van der Waals surface area contributed by atoms with Gasteiger partial charge >= 0.3 is 11.9 Å². The van der Waals surface area contributed by atoms with Gasteiger partial charge in [-0.15, -0.1) is 0 Å². The smallest absolute Gasteiger partial charge is 0.331 e. The van der Waals surface area contributed by atoms with Crippen molar-refractivity contribution in [3.8, 4) is 17.2 Å². The second kappa shape index (κ2) is 9.11. The van der Waals surface area contributed by atoms with E-state index in [1.807, 2.05) is 0 Å². The van der Waals surface area contributed by atoms with Gasteiger partial charge in [-0.05, 0) is 49.5 Å². The number of carbonyl (C=O) groups is 2. The predicted molar refractivity (Wildman–Crippen MR) is 92.9 cm³/mol. The summed E-state index contributed by atoms with van der Waals surface area (Å²) in [7, 11) is 2.93. The molecule has 0 radical (unpaired) electrons. The Kier molecular flexibility index (Phi) is 6.86. The molecule has 6 heteroatoms. The summed E-state index contributed by atoms with van der Waals surface area (Å²) in [5.41, 5.74) is 0.671. The van der Waals surface area contributed by atoms with Crippen molar-refractivity contribution >= 4 is 18.0 Å². The van der Waals surface area contributed by atoms with Gasteiger partial charge in [0.25, 0.3) is 0 Å². The Bertz CT molecular complexity index is 618. The highest BCUT2D eigenvalue weighted by molar-refractivity contribution is 5.87. The molecule has 25 heavy (non-hydrogen) atoms. The fraction of sp³-hybridized carbons (Fsp3) is 0.474. The molecule has 136 valence electrons. The molecule has 1 aliphatic rings. The molecule has 0 spiro atoms. The van der Waals surface area contributed by atoms with E-state index < -0.39 is 5.97 Å². The SMILES string of the molecule is COc1cc(/C=C/C(=O)OC2CCCCC2)cc(OC)c1OC(C)=O. The maximum atomic E-state index is 12.0. The van der Waals surface area contributed by atoms with Gasteiger partial charge in [-0.1, -0.05) is 6.42 Å². The van der Waals surface area contributed by atoms with Gasteiger partial charge in [0.1, 0.15) is 6.10 Å². The van der Waals surface area contributed by atoms with Crippen LogP contribution in [0.5, 0.6) is 17.2 Å². The molecule has 6 nitrogen and oxygen atoms in total. The summed E-state index contributed by atoms with van der Waals surface area (Å²) in [6, 6.07) is 3.32. The fourth-order valence-electron chi connectivity index (χ4n) is 2.79. The third-order valence-corrected chi connectivity index (χ3v) is 3.98. The molecule has 1 aromatic rings. The molecule has 2 rings (SSSR count). The molecule has 0 aromatic heterocycles. The lowest BCUT2D eigenvalue weighted by molar-refractivity contribution is -0.144. The first kappa shape index (κ1) is 18.8. The van der Waals surface area contributed by atoms with Crippen LogP contribution < -0.4 is 14.2 Å². The van der Waals surface area contributed by atoms with Crippen LogP contribution in [0.25, 0.3) is 6.08 Å². The molecule has 1 aromatic carbocycles. The molecule has 0 bridgehead atoms. The average molecular weight is 348 g/mol. The number of hydrogen-bond acceptors (Lipinski definition) is 6. The Morgan fingerprint density at radius 2 is 1.64 bits per heavy atom. The summed E-state index contributed by atoms with van der Waals surface area (Å²) < 4.78 is 21.1. The summed E-state index contributed by atoms with van der Waals surface area (Å²) in [5, 5.41) is 0. The summed E-state index contributed by atoms with van der Waals surface area (Å²) in [6.07, 6.45) is 8.29. The topological polar surface area (TPSA) is 71.1 Å². The van der Waals surface area contributed by atoms with Gasteiger partial charge in [0.2, 0.25) is 5.75 Å². The van der Waals surface area contributed by atoms with E-state index in [2.05, 4.69) is 0 Å². The van der Waals surface area contributed by atoms with Crippen LogP contribution in [0.4, 0.5) is 0 Å². The van der Waals surface area contributed by atoms with Crippen LogP contribution in [-0.2, 0) is 14.3 Å². The van der Waals surface area contributed by atoms with E-state index >= 15 is 0 Å². The lowest BCUT2D eigenvalue weighted by Crippen LogP contribution is -2.19. The van der Waals surface area contributed by atoms with Crippen molar-refractivity contribution in [3.05, 3.63) is 23.8 Å². The quantitative estimate of drug-likeness (QED) is 0.445. The van der Waals surface area contributed by atoms with Crippen molar-refractivity contribution in [2.45, 2.75) is 45.1 Å². The van der Waals surface area contributed by atoms with Crippen LogP contribution in [0.15, 0.2) is 18.2 Å². The normalized spacial score (nSPS) is 15.0. The van der Waals surface area contributed by atoms with E-state index in [9.17, 15) is 9.59 Å². The van der Waals surface area contributed by atoms with Crippen LogP contribution in [-0.4, -0.2) is 32.3 Å². The largest absolute Gasteiger partial charge is 0.493 e. The van der Waals surface area contributed by atoms with Crippen molar-refractivity contribution < 1.29 is 28.5 Å². The zero-order valence-electron chi connectivity index (χ0n) is 14.9. The van der Waals surface area contributed by atoms with Gasteiger partial charge in [0.15, 0.2) is 11.5 Å². The summed E-state index contributed by atoms with van der Waals surface area (Å²) in [6.45, 7) is 1.30. The molecule has 1 aliphatic carbocycles. The molecule has 0 saturated heterocycles. The second-order valence-electron chi connectivity index (χ2n) is 5.88. The van der Waals surface area contributed by atoms with E-state index in [-0.39, 0.29) is 17.8 Å². The zero-order chi connectivity index (χ0) is 18.2. The second-order valence-corrected chi connectivity index (χ2v) is 5.88. The van der Waals surface area contributed by atoms with Crippen molar-refractivity contribution in [1.82, 2.24) is 0 Å². The van der Waals surface area contributed by atoms with Crippen molar-refractivity contribution in [1.29, 1.82) is 0 Å². The molecular formula is C19H24O6. The number of carbonyl (C=O) groups excluding carboxylic acids is 2. The Balaban J connectivity index is 2.12. The monoisotopic (exact) mass is 348 g/mol. The van der Waals surface area contributed by atoms with Crippen LogP contribution in [0.2, 0.25) is 0 Å². The molecule has 0 amide bonds. The molecule has 0 unspecified atom stereocenters. The minimum Gasteiger partial charge on any atom is -0.493 e. The van der Waals surface area contributed by atoms with Crippen LogP contribution >= 0.6 is 0 Å². The van der Waals surface area contributed by atoms with Gasteiger partial charge in [-0.25, -0.2) is 4.79 Å². The van der Waals surface area contributed by atoms with Gasteiger partial charge < -0.3 is 18.9 Å². The van der Waals surface area contributed by atoms with Crippen molar-refractivity contribution in [2.75, 3.05) is 14.2 Å². The standard InChI is InChI=1S/C19H24O6/c1-13(20)24-19-16(22-2)11-14(12-17(19)23-3)9-10-18(21)25-15-7-5-4-6-8-15/h9-12,15H,4-8H2,1-3H3/b10-9+. The van der Waals surface area contributed by atoms with E-state index in [0.29, 0.717) is 17.1 Å². The van der Waals surface area contributed by atoms with Gasteiger partial charge in [0.05, 0.1) is 14.2 Å². The molecular weight excluding hydrogens is 324 g/mol. The molecule has 0 atom stereocenters. The third-order valence-electron chi connectivity index (χ3n) is 3.98. The number of ether oxygens (including phenoxy) is 4. The van der Waals surface area contributed by atoms with Gasteiger partial charge in [0, 0.05) is 13.0 Å². The van der Waals surface area contributed by atoms with Crippen molar-refractivity contribution in [3.63, 3.8) is 0 Å². The maximum Gasteiger partial charge on any atom is 0.331 e. The lowest BCUT2D eigenvalue weighted by atomic mass is 9.98. The Hall–Kier alpha value is -2.50. The van der Waals surface area contributed by atoms with E-state index in [4.69, 9.17) is 18.9 Å². The number of esters is 2. The van der Waals surface area contributed by atoms with E-state index in [0.717, 1.165) is 25.7 Å². The highest BCUT2D eigenvalue weighted by Gasteiger charge is 2.17. The van der Waals surface area contributed by atoms with Crippen molar-refractivity contribution in [2.24, 2.45) is 0 Å². The molecule has 1 saturated carbocycles. The van der Waals surface area contributed by atoms with Crippen LogP contribution in [0.3, 0.4) is 0 Å². The number of hydrogen-bond donors (Lipinski definition) is 0. The Morgan fingerprint density at radius 1 is 1.04 bits per heavy atom. The van der Waals surface area contributed by atoms with Gasteiger partial charge in [-0.3, -0.25) is 4.79 Å².